The molecule has 0 fully saturated rings. The number of hydrogen-bond donors (Lipinski definition) is 3. The van der Waals surface area contributed by atoms with Gasteiger partial charge in [-0.3, -0.25) is 4.79 Å². The molecule has 10 heteroatoms. The van der Waals surface area contributed by atoms with Gasteiger partial charge in [0.25, 0.3) is 11.4 Å². The lowest BCUT2D eigenvalue weighted by atomic mass is 10.0. The van der Waals surface area contributed by atoms with Crippen molar-refractivity contribution >= 4 is 5.82 Å². The summed E-state index contributed by atoms with van der Waals surface area (Å²) in [7, 11) is 1.90. The van der Waals surface area contributed by atoms with Crippen LogP contribution in [-0.2, 0) is 12.1 Å². The highest BCUT2D eigenvalue weighted by molar-refractivity contribution is 5.69. The van der Waals surface area contributed by atoms with Crippen LogP contribution in [0, 0.1) is 6.92 Å². The fourth-order valence-corrected chi connectivity index (χ4v) is 3.61. The van der Waals surface area contributed by atoms with E-state index in [2.05, 4.69) is 31.5 Å². The Balaban J connectivity index is 1.72. The summed E-state index contributed by atoms with van der Waals surface area (Å²) in [6.07, 6.45) is 3.26. The maximum absolute atomic E-state index is 12.4. The molecule has 0 amide bonds. The van der Waals surface area contributed by atoms with Gasteiger partial charge in [0.1, 0.15) is 0 Å². The molecule has 0 bridgehead atoms. The van der Waals surface area contributed by atoms with Crippen molar-refractivity contribution in [3.63, 3.8) is 0 Å². The normalized spacial score (nSPS) is 11.7. The fraction of sp³-hybridized carbons (Fsp3) is 0.292. The smallest absolute Gasteiger partial charge is 0.270 e. The number of pyridine rings is 1. The summed E-state index contributed by atoms with van der Waals surface area (Å²) in [5, 5.41) is 11.5. The van der Waals surface area contributed by atoms with E-state index >= 15 is 0 Å². The molecular formula is C24H28N8O2. The van der Waals surface area contributed by atoms with Crippen LogP contribution in [0.3, 0.4) is 0 Å². The largest absolute Gasteiger partial charge is 0.414 e. The van der Waals surface area contributed by atoms with E-state index in [1.165, 1.54) is 6.07 Å². The van der Waals surface area contributed by atoms with Gasteiger partial charge in [-0.25, -0.2) is 9.97 Å². The summed E-state index contributed by atoms with van der Waals surface area (Å²) in [5.74, 6) is 0.695. The highest BCUT2D eigenvalue weighted by atomic mass is 16.4. The Bertz CT molecular complexity index is 1390. The molecule has 10 nitrogen and oxygen atoms in total. The van der Waals surface area contributed by atoms with Gasteiger partial charge in [0, 0.05) is 36.5 Å². The quantitative estimate of drug-likeness (QED) is 0.377. The minimum Gasteiger partial charge on any atom is -0.414 e. The molecule has 0 saturated carbocycles. The SMILES string of the molecule is CNCc1ccc(-c2nnc(-c3nc(-c4ccc(=O)n(C(C)(C)CN)c4)cnc3N)o2)c(C)c1. The molecule has 4 rings (SSSR count). The van der Waals surface area contributed by atoms with Crippen LogP contribution >= 0.6 is 0 Å². The van der Waals surface area contributed by atoms with E-state index in [1.807, 2.05) is 40.0 Å². The minimum atomic E-state index is -0.556. The predicted octanol–water partition coefficient (Wildman–Crippen LogP) is 2.33. The lowest BCUT2D eigenvalue weighted by Crippen LogP contribution is -2.41. The van der Waals surface area contributed by atoms with Gasteiger partial charge in [-0.15, -0.1) is 10.2 Å². The second-order valence-corrected chi connectivity index (χ2v) is 8.72. The Labute approximate surface area is 197 Å². The third-order valence-corrected chi connectivity index (χ3v) is 5.69. The van der Waals surface area contributed by atoms with E-state index in [0.29, 0.717) is 23.7 Å². The first-order valence-electron chi connectivity index (χ1n) is 10.9. The summed E-state index contributed by atoms with van der Waals surface area (Å²) in [4.78, 5) is 21.3. The molecule has 0 aliphatic heterocycles. The molecule has 0 saturated heterocycles. The zero-order valence-electron chi connectivity index (χ0n) is 19.7. The van der Waals surface area contributed by atoms with Gasteiger partial charge >= 0.3 is 0 Å². The van der Waals surface area contributed by atoms with E-state index in [1.54, 1.807) is 23.0 Å². The molecule has 0 radical (unpaired) electrons. The topological polar surface area (TPSA) is 151 Å². The van der Waals surface area contributed by atoms with Crippen LogP contribution in [0.5, 0.6) is 0 Å². The summed E-state index contributed by atoms with van der Waals surface area (Å²) in [6, 6.07) is 9.20. The number of nitrogens with one attached hydrogen (secondary N) is 1. The Hall–Kier alpha value is -3.89. The van der Waals surface area contributed by atoms with Crippen LogP contribution in [0.1, 0.15) is 25.0 Å². The van der Waals surface area contributed by atoms with Crippen molar-refractivity contribution in [3.8, 4) is 34.3 Å². The minimum absolute atomic E-state index is 0.152. The second-order valence-electron chi connectivity index (χ2n) is 8.72. The molecule has 0 aliphatic carbocycles. The molecule has 176 valence electrons. The van der Waals surface area contributed by atoms with Crippen molar-refractivity contribution in [2.24, 2.45) is 5.73 Å². The van der Waals surface area contributed by atoms with E-state index in [-0.39, 0.29) is 23.0 Å². The van der Waals surface area contributed by atoms with Crippen molar-refractivity contribution in [2.75, 3.05) is 19.3 Å². The van der Waals surface area contributed by atoms with Crippen LogP contribution in [0.15, 0.2) is 51.9 Å². The average molecular weight is 461 g/mol. The Kier molecular flexibility index (Phi) is 6.27. The Morgan fingerprint density at radius 2 is 1.91 bits per heavy atom. The third-order valence-electron chi connectivity index (χ3n) is 5.69. The van der Waals surface area contributed by atoms with Crippen molar-refractivity contribution in [1.82, 2.24) is 30.0 Å². The highest BCUT2D eigenvalue weighted by Crippen LogP contribution is 2.29. The van der Waals surface area contributed by atoms with Gasteiger partial charge in [-0.1, -0.05) is 12.1 Å². The molecule has 34 heavy (non-hydrogen) atoms. The standard InChI is InChI=1S/C24H28N8O2/c1-14-9-15(10-27-4)5-7-17(14)22-30-31-23(34-22)20-21(26)28-11-18(29-20)16-6-8-19(33)32(12-16)24(2,3)13-25/h5-9,11-12,27H,10,13,25H2,1-4H3,(H2,26,28). The van der Waals surface area contributed by atoms with Crippen molar-refractivity contribution in [3.05, 3.63) is 64.2 Å². The summed E-state index contributed by atoms with van der Waals surface area (Å²) < 4.78 is 7.52. The molecular weight excluding hydrogens is 432 g/mol. The summed E-state index contributed by atoms with van der Waals surface area (Å²) >= 11 is 0. The first-order chi connectivity index (χ1) is 16.2. The van der Waals surface area contributed by atoms with Gasteiger partial charge in [0.05, 0.1) is 17.4 Å². The molecule has 3 heterocycles. The average Bonchev–Trinajstić information content (AvgIpc) is 3.29. The lowest BCUT2D eigenvalue weighted by Gasteiger charge is -2.26. The Morgan fingerprint density at radius 3 is 2.62 bits per heavy atom. The lowest BCUT2D eigenvalue weighted by molar-refractivity contribution is 0.356. The molecule has 1 aromatic carbocycles. The van der Waals surface area contributed by atoms with Crippen LogP contribution in [0.4, 0.5) is 5.82 Å². The predicted molar refractivity (Wildman–Crippen MR) is 131 cm³/mol. The van der Waals surface area contributed by atoms with Crippen molar-refractivity contribution in [2.45, 2.75) is 32.9 Å². The second kappa shape index (κ2) is 9.16. The maximum Gasteiger partial charge on any atom is 0.270 e. The number of nitrogens with two attached hydrogens (primary N) is 2. The number of aryl methyl sites for hydroxylation is 1. The number of rotatable bonds is 7. The number of anilines is 1. The molecule has 0 atom stereocenters. The van der Waals surface area contributed by atoms with Crippen LogP contribution in [-0.4, -0.2) is 38.3 Å². The molecule has 0 aliphatic rings. The first kappa shape index (κ1) is 23.3. The third kappa shape index (κ3) is 4.45. The van der Waals surface area contributed by atoms with E-state index in [0.717, 1.165) is 23.2 Å². The summed E-state index contributed by atoms with van der Waals surface area (Å²) in [6.45, 7) is 6.85. The zero-order chi connectivity index (χ0) is 24.5. The molecule has 5 N–H and O–H groups in total. The number of nitrogen functional groups attached to an aromatic ring is 1. The molecule has 0 unspecified atom stereocenters. The highest BCUT2D eigenvalue weighted by Gasteiger charge is 2.21. The van der Waals surface area contributed by atoms with Crippen molar-refractivity contribution < 1.29 is 4.42 Å². The molecule has 3 aromatic heterocycles. The van der Waals surface area contributed by atoms with Crippen LogP contribution < -0.4 is 22.3 Å². The van der Waals surface area contributed by atoms with Gasteiger partial charge in [0.2, 0.25) is 5.89 Å². The zero-order valence-corrected chi connectivity index (χ0v) is 19.7. The van der Waals surface area contributed by atoms with E-state index in [4.69, 9.17) is 15.9 Å². The van der Waals surface area contributed by atoms with Gasteiger partial charge in [-0.05, 0) is 51.1 Å². The van der Waals surface area contributed by atoms with Gasteiger partial charge in [-0.2, -0.15) is 0 Å². The Morgan fingerprint density at radius 1 is 1.15 bits per heavy atom. The molecule has 0 spiro atoms. The van der Waals surface area contributed by atoms with E-state index in [9.17, 15) is 4.79 Å². The van der Waals surface area contributed by atoms with Gasteiger partial charge in [0.15, 0.2) is 11.5 Å². The van der Waals surface area contributed by atoms with Crippen LogP contribution in [0.2, 0.25) is 0 Å². The number of aromatic nitrogens is 5. The number of benzene rings is 1. The number of nitrogens with zero attached hydrogens (tertiary/aromatic N) is 5. The number of hydrogen-bond acceptors (Lipinski definition) is 9. The summed E-state index contributed by atoms with van der Waals surface area (Å²) in [5.41, 5.74) is 15.7. The van der Waals surface area contributed by atoms with E-state index < -0.39 is 5.54 Å². The molecule has 4 aromatic rings. The van der Waals surface area contributed by atoms with Crippen LogP contribution in [0.25, 0.3) is 34.3 Å². The first-order valence-corrected chi connectivity index (χ1v) is 10.9. The van der Waals surface area contributed by atoms with Crippen molar-refractivity contribution in [1.29, 1.82) is 0 Å². The fourth-order valence-electron chi connectivity index (χ4n) is 3.61. The monoisotopic (exact) mass is 460 g/mol. The van der Waals surface area contributed by atoms with Gasteiger partial charge < -0.3 is 25.8 Å². The maximum atomic E-state index is 12.4.